The minimum Gasteiger partial charge on any atom is -0.495 e. The molecular formula is C99H81F6N33O11S. The first kappa shape index (κ1) is 98.3. The Hall–Kier alpha value is -20.4. The summed E-state index contributed by atoms with van der Waals surface area (Å²) in [6.45, 7) is 12.2. The zero-order chi connectivity index (χ0) is 105. The molecule has 0 unspecified atom stereocenters. The van der Waals surface area contributed by atoms with Crippen LogP contribution in [0.2, 0.25) is 0 Å². The van der Waals surface area contributed by atoms with Crippen LogP contribution in [-0.2, 0) is 17.8 Å². The number of para-hydroxylation sites is 12. The second-order valence-corrected chi connectivity index (χ2v) is 34.7. The molecule has 6 aromatic carbocycles. The Morgan fingerprint density at radius 1 is 0.360 bits per heavy atom. The number of anilines is 6. The van der Waals surface area contributed by atoms with Crippen LogP contribution in [-0.4, -0.2) is 179 Å². The molecule has 0 atom stereocenters. The Balaban J connectivity index is 0.000000113. The molecule has 44 nitrogen and oxygen atoms in total. The SMILES string of the molecule is COc1cscc1C(=O)Nc1cn[nH]c1-c1nc2ccccc2[nH]1.Cc1cc(C(=O)Nc2cn[nH]c2-c2nc3ccccc3[nH]2)c(C(F)(F)F)o1.Cc1cc(C(=O)Nc2cn[nH]c2-c2nc3ccccc3[nH]2)no1.Cc1noc(C(F)(F)F)c1C(=O)Nc1cn[nH]c1-c1nc2ccccc2[nH]1.Cc1oc(C(C)(C)C)cc1C(=O)Nc1cn[nH]c1-c1nc2ccccc2[nH]1.O=C(Nc1cn[nH]c1-c1nc2ccccc2[nH]1)c1cc[nH]c1. The fourth-order valence-corrected chi connectivity index (χ4v) is 16.1. The number of nitrogens with zero attached hydrogens (tertiary/aromatic N) is 14. The van der Waals surface area contributed by atoms with E-state index < -0.39 is 46.8 Å². The van der Waals surface area contributed by atoms with Crippen LogP contribution in [0.3, 0.4) is 0 Å². The van der Waals surface area contributed by atoms with Crippen LogP contribution in [0.25, 0.3) is 135 Å². The van der Waals surface area contributed by atoms with Gasteiger partial charge in [-0.25, -0.2) is 29.9 Å². The highest BCUT2D eigenvalue weighted by Crippen LogP contribution is 2.40. The van der Waals surface area contributed by atoms with E-state index in [1.54, 1.807) is 85.9 Å². The Morgan fingerprint density at radius 2 is 0.700 bits per heavy atom. The lowest BCUT2D eigenvalue weighted by Crippen LogP contribution is -2.18. The summed E-state index contributed by atoms with van der Waals surface area (Å²) in [5, 5.41) is 67.2. The Kier molecular flexibility index (Phi) is 27.2. The summed E-state index contributed by atoms with van der Waals surface area (Å²) in [4.78, 5) is 123. The topological polar surface area (TPSA) is 622 Å². The Morgan fingerprint density at radius 3 is 1.02 bits per heavy atom. The van der Waals surface area contributed by atoms with Crippen molar-refractivity contribution in [3.05, 3.63) is 304 Å². The van der Waals surface area contributed by atoms with Gasteiger partial charge in [-0.3, -0.25) is 59.4 Å². The van der Waals surface area contributed by atoms with Gasteiger partial charge in [-0.1, -0.05) is 104 Å². The first-order chi connectivity index (χ1) is 72.3. The van der Waals surface area contributed by atoms with Gasteiger partial charge >= 0.3 is 12.4 Å². The maximum Gasteiger partial charge on any atom is 0.453 e. The van der Waals surface area contributed by atoms with Crippen molar-refractivity contribution in [3.8, 4) is 74.9 Å². The minimum absolute atomic E-state index is 0.0165. The number of aryl methyl sites for hydroxylation is 4. The van der Waals surface area contributed by atoms with Crippen molar-refractivity contribution in [2.45, 2.75) is 66.2 Å². The third-order valence-corrected chi connectivity index (χ3v) is 23.2. The molecule has 0 radical (unpaired) electrons. The van der Waals surface area contributed by atoms with E-state index in [1.807, 2.05) is 154 Å². The fraction of sp³-hybridized carbons (Fsp3) is 0.111. The highest BCUT2D eigenvalue weighted by molar-refractivity contribution is 7.08. The lowest BCUT2D eigenvalue weighted by atomic mass is 9.93. The lowest BCUT2D eigenvalue weighted by molar-refractivity contribution is -0.156. The molecule has 6 amide bonds. The number of carbonyl (C=O) groups is 6. The molecule has 0 fully saturated rings. The van der Waals surface area contributed by atoms with Crippen molar-refractivity contribution in [2.24, 2.45) is 0 Å². The summed E-state index contributed by atoms with van der Waals surface area (Å²) in [5.74, 6) is -0.175. The minimum atomic E-state index is -4.84. The van der Waals surface area contributed by atoms with Crippen molar-refractivity contribution in [1.29, 1.82) is 0 Å². The van der Waals surface area contributed by atoms with Crippen LogP contribution in [0.1, 0.15) is 123 Å². The third-order valence-electron chi connectivity index (χ3n) is 22.5. The number of fused-ring (bicyclic) bond motifs is 6. The number of H-pyrrole nitrogens is 13. The number of aromatic nitrogens is 27. The molecule has 18 heterocycles. The number of hydrogen-bond acceptors (Lipinski definition) is 26. The van der Waals surface area contributed by atoms with Crippen LogP contribution >= 0.6 is 11.3 Å². The van der Waals surface area contributed by atoms with Gasteiger partial charge in [0.2, 0.25) is 5.76 Å². The second-order valence-electron chi connectivity index (χ2n) is 34.0. The standard InChI is InChI=1S/C20H21N5O2.C17H12F3N5O2.C16H11F3N6O2.C16H13N5O2S.C15H12N6O2.C15H12N6O/c1-11-12(9-16(27-11)20(2,3)4)19(26)24-15-10-21-25-17(15)18-22-13-7-5-6-8-14(13)23-18;1-8-6-9(14(27-8)17(18,19)20)16(26)24-12-7-21-25-13(12)15-22-10-4-2-3-5-11(10)23-15;1-7-11(13(27-25-7)16(17,18)19)15(26)23-10-6-20-24-12(10)14-21-8-4-2-3-5-9(8)22-14;1-23-13-8-24-7-9(13)16(22)20-12-6-17-21-14(12)15-18-10-4-2-3-5-11(10)19-15;1-8-6-11(21-23-8)15(22)19-12-7-16-20-13(12)14-17-9-4-2-3-5-10(9)18-14;22-15(9-5-6-16-7-9)20-12-8-17-21-13(12)14-18-10-3-1-2-4-11(10)19-14/h5-10H,1-4H3,(H,21,25)(H,22,23)(H,24,26);2-7H,1H3,(H,21,25)(H,22,23)(H,24,26);2-6H,1H3,(H,20,24)(H,21,22)(H,23,26);2-8H,1H3,(H,17,21)(H,18,19)(H,20,22);2-7H,1H3,(H,16,20)(H,17,18)(H,19,22);1-8,16H,(H,17,21)(H,18,19)(H,20,22). The van der Waals surface area contributed by atoms with Crippen LogP contribution in [0.15, 0.2) is 248 Å². The van der Waals surface area contributed by atoms with Crippen LogP contribution < -0.4 is 36.6 Å². The molecule has 756 valence electrons. The first-order valence-electron chi connectivity index (χ1n) is 45.0. The molecule has 24 rings (SSSR count). The van der Waals surface area contributed by atoms with Crippen LogP contribution in [0.4, 0.5) is 60.5 Å². The van der Waals surface area contributed by atoms with E-state index in [1.165, 1.54) is 50.9 Å². The average molecular weight is 2060 g/mol. The molecule has 18 aromatic heterocycles. The normalized spacial score (nSPS) is 11.4. The number of thiophene rings is 1. The van der Waals surface area contributed by atoms with Crippen molar-refractivity contribution in [1.82, 2.24) is 136 Å². The molecule has 0 aliphatic heterocycles. The number of methoxy groups -OCH3 is 1. The summed E-state index contributed by atoms with van der Waals surface area (Å²) in [6.07, 6.45) is 2.49. The number of carbonyl (C=O) groups excluding carboxylic acids is 6. The molecule has 0 saturated heterocycles. The van der Waals surface area contributed by atoms with Gasteiger partial charge in [-0.2, -0.15) is 56.9 Å². The van der Waals surface area contributed by atoms with Crippen molar-refractivity contribution < 1.29 is 77.7 Å². The van der Waals surface area contributed by atoms with Gasteiger partial charge in [0.25, 0.3) is 41.2 Å². The van der Waals surface area contributed by atoms with E-state index >= 15 is 0 Å². The third kappa shape index (κ3) is 21.5. The summed E-state index contributed by atoms with van der Waals surface area (Å²) >= 11 is 1.41. The zero-order valence-electron chi connectivity index (χ0n) is 79.4. The van der Waals surface area contributed by atoms with Gasteiger partial charge in [0, 0.05) is 34.6 Å². The van der Waals surface area contributed by atoms with Gasteiger partial charge in [-0.05, 0) is 119 Å². The number of halogens is 6. The lowest BCUT2D eigenvalue weighted by Gasteiger charge is -2.13. The number of furan rings is 2. The number of hydrogen-bond donors (Lipinski definition) is 19. The number of ether oxygens (including phenoxy) is 1. The van der Waals surface area contributed by atoms with Crippen molar-refractivity contribution in [3.63, 3.8) is 0 Å². The largest absolute Gasteiger partial charge is 0.495 e. The molecule has 0 saturated carbocycles. The van der Waals surface area contributed by atoms with Gasteiger partial charge in [0.05, 0.1) is 173 Å². The molecule has 150 heavy (non-hydrogen) atoms. The summed E-state index contributed by atoms with van der Waals surface area (Å²) < 4.78 is 103. The van der Waals surface area contributed by atoms with Crippen molar-refractivity contribution in [2.75, 3.05) is 39.0 Å². The number of amides is 6. The monoisotopic (exact) mass is 2050 g/mol. The predicted molar refractivity (Wildman–Crippen MR) is 540 cm³/mol. The Bertz CT molecular complexity index is 8800. The van der Waals surface area contributed by atoms with Gasteiger partial charge in [0.15, 0.2) is 40.6 Å². The van der Waals surface area contributed by atoms with E-state index in [-0.39, 0.29) is 57.6 Å². The fourth-order valence-electron chi connectivity index (χ4n) is 15.3. The highest BCUT2D eigenvalue weighted by Gasteiger charge is 2.43. The maximum absolute atomic E-state index is 13.1. The Labute approximate surface area is 840 Å². The van der Waals surface area contributed by atoms with E-state index in [9.17, 15) is 55.1 Å². The molecule has 0 aliphatic carbocycles. The highest BCUT2D eigenvalue weighted by atomic mass is 32.1. The van der Waals surface area contributed by atoms with E-state index in [2.05, 4.69) is 177 Å². The van der Waals surface area contributed by atoms with Crippen LogP contribution in [0, 0.1) is 27.7 Å². The molecule has 0 aliphatic rings. The van der Waals surface area contributed by atoms with Gasteiger partial charge < -0.3 is 89.4 Å². The predicted octanol–water partition coefficient (Wildman–Crippen LogP) is 20.4. The van der Waals surface area contributed by atoms with Crippen LogP contribution in [0.5, 0.6) is 5.75 Å². The number of nitrogens with one attached hydrogen (secondary N) is 19. The molecule has 51 heteroatoms. The van der Waals surface area contributed by atoms with Crippen molar-refractivity contribution >= 4 is 147 Å². The number of benzene rings is 6. The molecule has 0 bridgehead atoms. The number of aromatic amines is 13. The summed E-state index contributed by atoms with van der Waals surface area (Å²) in [5.41, 5.74) is 15.8. The zero-order valence-corrected chi connectivity index (χ0v) is 80.2. The molecule has 19 N–H and O–H groups in total. The van der Waals surface area contributed by atoms with E-state index in [0.717, 1.165) is 67.0 Å². The molecule has 0 spiro atoms. The number of imidazole rings is 6. The smallest absolute Gasteiger partial charge is 0.453 e. The maximum atomic E-state index is 13.1. The van der Waals surface area contributed by atoms with E-state index in [0.29, 0.717) is 137 Å². The molecule has 24 aromatic rings. The summed E-state index contributed by atoms with van der Waals surface area (Å²) in [7, 11) is 1.54. The number of alkyl halides is 6. The molecular weight excluding hydrogens is 1970 g/mol. The van der Waals surface area contributed by atoms with Gasteiger partial charge in [-0.15, -0.1) is 11.3 Å². The first-order valence-corrected chi connectivity index (χ1v) is 46.0. The quantitative estimate of drug-likeness (QED) is 0.0334. The second kappa shape index (κ2) is 41.5. The van der Waals surface area contributed by atoms with Gasteiger partial charge in [0.1, 0.15) is 68.5 Å². The van der Waals surface area contributed by atoms with E-state index in [4.69, 9.17) is 13.7 Å². The average Bonchev–Trinajstić information content (AvgIpc) is 1.67. The number of rotatable bonds is 19. The summed E-state index contributed by atoms with van der Waals surface area (Å²) in [6, 6.07) is 51.5.